The van der Waals surface area contributed by atoms with Crippen molar-refractivity contribution in [1.29, 1.82) is 0 Å². The van der Waals surface area contributed by atoms with Crippen molar-refractivity contribution < 1.29 is 5.11 Å². The van der Waals surface area contributed by atoms with Gasteiger partial charge in [-0.3, -0.25) is 0 Å². The highest BCUT2D eigenvalue weighted by molar-refractivity contribution is 6.67. The first kappa shape index (κ1) is 30.3. The smallest absolute Gasteiger partial charge is 0.192 e. The Bertz CT molecular complexity index is 123. The predicted octanol–water partition coefficient (Wildman–Crippen LogP) is 7.70. The first-order chi connectivity index (χ1) is 8.26. The minimum atomic E-state index is -1.28. The Morgan fingerprint density at radius 3 is 0.789 bits per heavy atom. The van der Waals surface area contributed by atoms with E-state index in [-0.39, 0.29) is 13.0 Å². The van der Waals surface area contributed by atoms with Gasteiger partial charge in [0.15, 0.2) is 16.7 Å². The standard InChI is InChI=1S/C3H5Cl3O.3CHCl3/c4-3(5,6)1-2-7;3*2-1(3)4/h7H,1-2H2;3*1H. The molecule has 0 aliphatic rings. The highest BCUT2D eigenvalue weighted by Gasteiger charge is 2.17. The average Bonchev–Trinajstić information content (AvgIpc) is 1.96. The molecule has 0 radical (unpaired) electrons. The minimum absolute atomic E-state index is 0.0868. The van der Waals surface area contributed by atoms with Gasteiger partial charge in [-0.05, 0) is 0 Å². The number of rotatable bonds is 1. The van der Waals surface area contributed by atoms with Crippen LogP contribution in [0.15, 0.2) is 0 Å². The predicted molar refractivity (Wildman–Crippen MR) is 96.0 cm³/mol. The summed E-state index contributed by atoms with van der Waals surface area (Å²) in [6, 6.07) is 0. The zero-order valence-electron chi connectivity index (χ0n) is 8.63. The Balaban J connectivity index is -0.0000000825. The zero-order chi connectivity index (χ0) is 16.6. The van der Waals surface area contributed by atoms with Gasteiger partial charge in [0.25, 0.3) is 0 Å². The third kappa shape index (κ3) is 146. The van der Waals surface area contributed by atoms with E-state index in [9.17, 15) is 0 Å². The first-order valence-electron chi connectivity index (χ1n) is 3.70. The molecule has 1 N–H and O–H groups in total. The van der Waals surface area contributed by atoms with Crippen LogP contribution in [-0.2, 0) is 0 Å². The van der Waals surface area contributed by atoms with Crippen LogP contribution in [0, 0.1) is 0 Å². The fourth-order valence-electron chi connectivity index (χ4n) is 0.127. The summed E-state index contributed by atoms with van der Waals surface area (Å²) in [5.74, 6) is 0. The van der Waals surface area contributed by atoms with Gasteiger partial charge in [0, 0.05) is 13.0 Å². The molecule has 0 heterocycles. The lowest BCUT2D eigenvalue weighted by Gasteiger charge is -2.05. The topological polar surface area (TPSA) is 20.2 Å². The summed E-state index contributed by atoms with van der Waals surface area (Å²) < 4.78 is -3.53. The molecule has 0 spiro atoms. The lowest BCUT2D eigenvalue weighted by molar-refractivity contribution is 0.290. The lowest BCUT2D eigenvalue weighted by atomic mass is 10.5. The Kier molecular flexibility index (Phi) is 34.2. The molecular formula is C6H8Cl12O. The quantitative estimate of drug-likeness (QED) is 0.351. The third-order valence-corrected chi connectivity index (χ3v) is 0.962. The molecule has 0 saturated carbocycles. The molecule has 0 aromatic rings. The van der Waals surface area contributed by atoms with Crippen LogP contribution in [-0.4, -0.2) is 28.4 Å². The largest absolute Gasteiger partial charge is 0.396 e. The van der Waals surface area contributed by atoms with Gasteiger partial charge in [-0.25, -0.2) is 0 Å². The van der Waals surface area contributed by atoms with E-state index in [1.54, 1.807) is 0 Å². The average molecular weight is 522 g/mol. The molecule has 13 heteroatoms. The summed E-state index contributed by atoms with van der Waals surface area (Å²) >= 11 is 58.9. The molecule has 0 aromatic carbocycles. The second-order valence-electron chi connectivity index (χ2n) is 1.83. The third-order valence-electron chi connectivity index (χ3n) is 0.395. The van der Waals surface area contributed by atoms with E-state index in [4.69, 9.17) is 144 Å². The van der Waals surface area contributed by atoms with Gasteiger partial charge >= 0.3 is 0 Å². The zero-order valence-corrected chi connectivity index (χ0v) is 17.7. The maximum Gasteiger partial charge on any atom is 0.192 e. The van der Waals surface area contributed by atoms with Crippen LogP contribution >= 0.6 is 139 Å². The van der Waals surface area contributed by atoms with Gasteiger partial charge in [-0.1, -0.05) is 139 Å². The van der Waals surface area contributed by atoms with Gasteiger partial charge in [0.1, 0.15) is 0 Å². The number of alkyl halides is 12. The maximum atomic E-state index is 8.15. The van der Waals surface area contributed by atoms with Gasteiger partial charge in [-0.15, -0.1) is 0 Å². The van der Waals surface area contributed by atoms with Crippen LogP contribution in [0.25, 0.3) is 0 Å². The lowest BCUT2D eigenvalue weighted by Crippen LogP contribution is -2.03. The van der Waals surface area contributed by atoms with Crippen molar-refractivity contribution in [2.24, 2.45) is 0 Å². The van der Waals surface area contributed by atoms with Crippen molar-refractivity contribution >= 4 is 139 Å². The van der Waals surface area contributed by atoms with E-state index in [0.717, 1.165) is 0 Å². The van der Waals surface area contributed by atoms with E-state index in [0.29, 0.717) is 0 Å². The van der Waals surface area contributed by atoms with Crippen LogP contribution in [0.2, 0.25) is 0 Å². The minimum Gasteiger partial charge on any atom is -0.396 e. The van der Waals surface area contributed by atoms with E-state index < -0.39 is 16.7 Å². The van der Waals surface area contributed by atoms with Crippen LogP contribution in [0.5, 0.6) is 0 Å². The monoisotopic (exact) mass is 516 g/mol. The number of aliphatic hydroxyl groups is 1. The molecule has 122 valence electrons. The Hall–Kier alpha value is 3.44. The summed E-state index contributed by atoms with van der Waals surface area (Å²) in [4.78, 5) is 0. The molecule has 0 unspecified atom stereocenters. The van der Waals surface area contributed by atoms with Crippen LogP contribution < -0.4 is 0 Å². The molecule has 0 saturated heterocycles. The fourth-order valence-corrected chi connectivity index (χ4v) is 0.380. The second kappa shape index (κ2) is 21.4. The Morgan fingerprint density at radius 2 is 0.789 bits per heavy atom. The Morgan fingerprint density at radius 1 is 0.632 bits per heavy atom. The van der Waals surface area contributed by atoms with Crippen LogP contribution in [0.3, 0.4) is 0 Å². The molecule has 0 aliphatic heterocycles. The van der Waals surface area contributed by atoms with E-state index in [1.807, 2.05) is 0 Å². The van der Waals surface area contributed by atoms with Crippen LogP contribution in [0.1, 0.15) is 6.42 Å². The van der Waals surface area contributed by atoms with E-state index in [1.165, 1.54) is 0 Å². The summed E-state index contributed by atoms with van der Waals surface area (Å²) in [5, 5.41) is 8.15. The van der Waals surface area contributed by atoms with Gasteiger partial charge in [0.05, 0.1) is 0 Å². The number of hydrogen-bond donors (Lipinski definition) is 1. The highest BCUT2D eigenvalue weighted by atomic mass is 35.6. The fraction of sp³-hybridized carbons (Fsp3) is 1.00. The van der Waals surface area contributed by atoms with Crippen molar-refractivity contribution in [3.63, 3.8) is 0 Å². The summed E-state index contributed by atoms with van der Waals surface area (Å²) in [6.07, 6.45) is 0.192. The molecule has 0 rings (SSSR count). The number of hydrogen-bond acceptors (Lipinski definition) is 1. The normalized spacial score (nSPS) is 10.1. The molecule has 1 nitrogen and oxygen atoms in total. The van der Waals surface area contributed by atoms with E-state index in [2.05, 4.69) is 0 Å². The van der Waals surface area contributed by atoms with Gasteiger partial charge in [0.2, 0.25) is 0 Å². The molecule has 0 bridgehead atoms. The van der Waals surface area contributed by atoms with E-state index >= 15 is 0 Å². The van der Waals surface area contributed by atoms with Gasteiger partial charge < -0.3 is 5.11 Å². The molecular weight excluding hydrogens is 514 g/mol. The van der Waals surface area contributed by atoms with Crippen molar-refractivity contribution in [2.75, 3.05) is 6.61 Å². The molecule has 0 atom stereocenters. The van der Waals surface area contributed by atoms with Crippen molar-refractivity contribution in [2.45, 2.75) is 23.1 Å². The highest BCUT2D eigenvalue weighted by Crippen LogP contribution is 2.28. The second-order valence-corrected chi connectivity index (χ2v) is 10.3. The van der Waals surface area contributed by atoms with Crippen LogP contribution in [0.4, 0.5) is 0 Å². The number of halogens is 12. The van der Waals surface area contributed by atoms with Gasteiger partial charge in [-0.2, -0.15) is 0 Å². The summed E-state index contributed by atoms with van der Waals surface area (Å²) in [6.45, 7) is -0.0868. The maximum absolute atomic E-state index is 8.15. The van der Waals surface area contributed by atoms with Crippen molar-refractivity contribution in [3.05, 3.63) is 0 Å². The summed E-state index contributed by atoms with van der Waals surface area (Å²) in [7, 11) is 0. The van der Waals surface area contributed by atoms with Crippen molar-refractivity contribution in [1.82, 2.24) is 0 Å². The Labute approximate surface area is 172 Å². The number of aliphatic hydroxyl groups excluding tert-OH is 1. The first-order valence-corrected chi connectivity index (χ1v) is 8.76. The SMILES string of the molecule is ClC(Cl)Cl.ClC(Cl)Cl.ClC(Cl)Cl.OCCC(Cl)(Cl)Cl. The molecule has 0 fully saturated rings. The summed E-state index contributed by atoms with van der Waals surface area (Å²) in [5.41, 5.74) is 0. The molecule has 0 aliphatic carbocycles. The molecule has 19 heavy (non-hydrogen) atoms. The molecule has 0 aromatic heterocycles. The molecule has 0 amide bonds. The van der Waals surface area contributed by atoms with Crippen molar-refractivity contribution in [3.8, 4) is 0 Å².